The van der Waals surface area contributed by atoms with Gasteiger partial charge >= 0.3 is 0 Å². The normalized spacial score (nSPS) is 15.2. The molecule has 0 aliphatic carbocycles. The van der Waals surface area contributed by atoms with Crippen molar-refractivity contribution in [2.24, 2.45) is 0 Å². The van der Waals surface area contributed by atoms with Crippen LogP contribution in [0.1, 0.15) is 24.0 Å². The number of likely N-dealkylation sites (tertiary alicyclic amines) is 1. The van der Waals surface area contributed by atoms with Gasteiger partial charge in [0.2, 0.25) is 0 Å². The summed E-state index contributed by atoms with van der Waals surface area (Å²) in [6.07, 6.45) is 3.38. The van der Waals surface area contributed by atoms with Crippen LogP contribution in [-0.2, 0) is 11.3 Å². The Morgan fingerprint density at radius 1 is 1.07 bits per heavy atom. The van der Waals surface area contributed by atoms with E-state index in [2.05, 4.69) is 39.8 Å². The number of nitrogens with one attached hydrogen (secondary N) is 2. The molecule has 1 aliphatic rings. The highest BCUT2D eigenvalue weighted by Gasteiger charge is 2.19. The van der Waals surface area contributed by atoms with Gasteiger partial charge in [-0.05, 0) is 30.5 Å². The predicted molar refractivity (Wildman–Crippen MR) is 111 cm³/mol. The summed E-state index contributed by atoms with van der Waals surface area (Å²) in [5.74, 6) is -0.524. The second kappa shape index (κ2) is 10.1. The highest BCUT2D eigenvalue weighted by molar-refractivity contribution is 6.07. The van der Waals surface area contributed by atoms with Crippen LogP contribution in [0.4, 0.5) is 5.69 Å². The van der Waals surface area contributed by atoms with Crippen molar-refractivity contribution in [1.29, 1.82) is 10.5 Å². The number of hydrogen-bond donors (Lipinski definition) is 2. The van der Waals surface area contributed by atoms with Crippen LogP contribution < -0.4 is 10.6 Å². The fourth-order valence-electron chi connectivity index (χ4n) is 3.33. The average Bonchev–Trinajstić information content (AvgIpc) is 2.76. The first-order valence-corrected chi connectivity index (χ1v) is 9.62. The van der Waals surface area contributed by atoms with Gasteiger partial charge in [-0.2, -0.15) is 10.5 Å². The first kappa shape index (κ1) is 20.1. The number of amides is 1. The Labute approximate surface area is 171 Å². The molecule has 1 fully saturated rings. The van der Waals surface area contributed by atoms with E-state index in [9.17, 15) is 10.1 Å². The topological polar surface area (TPSA) is 91.9 Å². The van der Waals surface area contributed by atoms with Gasteiger partial charge < -0.3 is 10.6 Å². The fraction of sp³-hybridized carbons (Fsp3) is 0.261. The van der Waals surface area contributed by atoms with Crippen LogP contribution in [0.5, 0.6) is 0 Å². The lowest BCUT2D eigenvalue weighted by Crippen LogP contribution is -2.40. The van der Waals surface area contributed by atoms with E-state index < -0.39 is 5.91 Å². The fourth-order valence-corrected chi connectivity index (χ4v) is 3.33. The lowest BCUT2D eigenvalue weighted by atomic mass is 10.0. The third kappa shape index (κ3) is 5.68. The summed E-state index contributed by atoms with van der Waals surface area (Å²) < 4.78 is 0. The Kier molecular flexibility index (Phi) is 7.00. The summed E-state index contributed by atoms with van der Waals surface area (Å²) in [6, 6.07) is 21.3. The Bertz CT molecular complexity index is 947. The minimum Gasteiger partial charge on any atom is -0.387 e. The third-order valence-corrected chi connectivity index (χ3v) is 4.96. The summed E-state index contributed by atoms with van der Waals surface area (Å²) >= 11 is 0. The number of rotatable bonds is 6. The molecule has 0 unspecified atom stereocenters. The van der Waals surface area contributed by atoms with E-state index in [1.807, 2.05) is 18.2 Å². The van der Waals surface area contributed by atoms with E-state index in [-0.39, 0.29) is 11.6 Å². The zero-order valence-electron chi connectivity index (χ0n) is 16.1. The van der Waals surface area contributed by atoms with Gasteiger partial charge in [-0.3, -0.25) is 9.69 Å². The second-order valence-corrected chi connectivity index (χ2v) is 6.98. The zero-order valence-corrected chi connectivity index (χ0v) is 16.1. The molecule has 1 heterocycles. The molecule has 0 aromatic heterocycles. The maximum Gasteiger partial charge on any atom is 0.267 e. The summed E-state index contributed by atoms with van der Waals surface area (Å²) in [5, 5.41) is 24.3. The molecular formula is C23H23N5O. The molecule has 29 heavy (non-hydrogen) atoms. The van der Waals surface area contributed by atoms with E-state index in [1.54, 1.807) is 24.3 Å². The minimum absolute atomic E-state index is 0.00976. The van der Waals surface area contributed by atoms with Crippen LogP contribution in [-0.4, -0.2) is 29.9 Å². The zero-order chi connectivity index (χ0) is 20.5. The first-order chi connectivity index (χ1) is 14.2. The van der Waals surface area contributed by atoms with Crippen molar-refractivity contribution in [2.45, 2.75) is 25.4 Å². The van der Waals surface area contributed by atoms with Crippen molar-refractivity contribution in [3.8, 4) is 12.1 Å². The number of nitriles is 2. The molecular weight excluding hydrogens is 362 g/mol. The van der Waals surface area contributed by atoms with Gasteiger partial charge in [0.1, 0.15) is 17.7 Å². The highest BCUT2D eigenvalue weighted by atomic mass is 16.1. The van der Waals surface area contributed by atoms with Crippen molar-refractivity contribution in [1.82, 2.24) is 10.2 Å². The van der Waals surface area contributed by atoms with Gasteiger partial charge in [0.05, 0.1) is 11.3 Å². The van der Waals surface area contributed by atoms with Gasteiger partial charge in [-0.15, -0.1) is 0 Å². The maximum atomic E-state index is 12.4. The molecule has 1 amide bonds. The highest BCUT2D eigenvalue weighted by Crippen LogP contribution is 2.16. The van der Waals surface area contributed by atoms with Crippen molar-refractivity contribution in [2.75, 3.05) is 18.4 Å². The van der Waals surface area contributed by atoms with Gasteiger partial charge in [0, 0.05) is 31.9 Å². The van der Waals surface area contributed by atoms with E-state index in [0.717, 1.165) is 32.5 Å². The Balaban J connectivity index is 1.51. The molecule has 1 saturated heterocycles. The van der Waals surface area contributed by atoms with Crippen molar-refractivity contribution in [3.63, 3.8) is 0 Å². The number of nitrogens with zero attached hydrogens (tertiary/aromatic N) is 3. The molecule has 146 valence electrons. The van der Waals surface area contributed by atoms with E-state index >= 15 is 0 Å². The number of benzene rings is 2. The number of hydrogen-bond acceptors (Lipinski definition) is 5. The Hall–Kier alpha value is -3.61. The molecule has 0 saturated carbocycles. The van der Waals surface area contributed by atoms with E-state index in [1.165, 1.54) is 11.8 Å². The molecule has 6 heteroatoms. The lowest BCUT2D eigenvalue weighted by molar-refractivity contribution is -0.112. The van der Waals surface area contributed by atoms with Gasteiger partial charge in [-0.1, -0.05) is 42.5 Å². The minimum atomic E-state index is -0.524. The first-order valence-electron chi connectivity index (χ1n) is 9.62. The number of piperidine rings is 1. The SMILES string of the molecule is N#C/C(=C/NC1CCN(Cc2ccccc2)CC1)C(=O)Nc1ccccc1C#N. The molecule has 0 radical (unpaired) electrons. The number of anilines is 1. The van der Waals surface area contributed by atoms with Crippen molar-refractivity contribution in [3.05, 3.63) is 77.5 Å². The molecule has 0 bridgehead atoms. The van der Waals surface area contributed by atoms with E-state index in [4.69, 9.17) is 5.26 Å². The number of para-hydroxylation sites is 1. The molecule has 0 spiro atoms. The van der Waals surface area contributed by atoms with Crippen LogP contribution in [0.15, 0.2) is 66.4 Å². The van der Waals surface area contributed by atoms with Crippen molar-refractivity contribution < 1.29 is 4.79 Å². The molecule has 2 aromatic rings. The summed E-state index contributed by atoms with van der Waals surface area (Å²) in [7, 11) is 0. The second-order valence-electron chi connectivity index (χ2n) is 6.98. The quantitative estimate of drug-likeness (QED) is 0.589. The summed E-state index contributed by atoms with van der Waals surface area (Å²) in [5.41, 5.74) is 2.05. The van der Waals surface area contributed by atoms with Gasteiger partial charge in [0.25, 0.3) is 5.91 Å². The van der Waals surface area contributed by atoms with Crippen LogP contribution in [0.25, 0.3) is 0 Å². The monoisotopic (exact) mass is 385 g/mol. The molecule has 2 N–H and O–H groups in total. The lowest BCUT2D eigenvalue weighted by Gasteiger charge is -2.32. The van der Waals surface area contributed by atoms with E-state index in [0.29, 0.717) is 11.3 Å². The predicted octanol–water partition coefficient (Wildman–Crippen LogP) is 3.16. The van der Waals surface area contributed by atoms with Gasteiger partial charge in [0.15, 0.2) is 0 Å². The summed E-state index contributed by atoms with van der Waals surface area (Å²) in [6.45, 7) is 2.86. The molecule has 2 aromatic carbocycles. The van der Waals surface area contributed by atoms with Crippen molar-refractivity contribution >= 4 is 11.6 Å². The number of carbonyl (C=O) groups excluding carboxylic acids is 1. The van der Waals surface area contributed by atoms with Crippen LogP contribution in [0.2, 0.25) is 0 Å². The Morgan fingerprint density at radius 3 is 2.45 bits per heavy atom. The molecule has 6 nitrogen and oxygen atoms in total. The molecule has 1 aliphatic heterocycles. The van der Waals surface area contributed by atoms with Gasteiger partial charge in [-0.25, -0.2) is 0 Å². The average molecular weight is 385 g/mol. The maximum absolute atomic E-state index is 12.4. The smallest absolute Gasteiger partial charge is 0.267 e. The van der Waals surface area contributed by atoms with Crippen LogP contribution in [0.3, 0.4) is 0 Å². The largest absolute Gasteiger partial charge is 0.387 e. The number of carbonyl (C=O) groups is 1. The standard InChI is InChI=1S/C23H23N5O/c24-14-19-8-4-5-9-22(19)27-23(29)20(15-25)16-26-21-10-12-28(13-11-21)17-18-6-2-1-3-7-18/h1-9,16,21,26H,10-13,17H2,(H,27,29)/b20-16-. The van der Waals surface area contributed by atoms with Crippen LogP contribution in [0, 0.1) is 22.7 Å². The Morgan fingerprint density at radius 2 is 1.76 bits per heavy atom. The molecule has 3 rings (SSSR count). The molecule has 0 atom stereocenters. The van der Waals surface area contributed by atoms with Crippen LogP contribution >= 0.6 is 0 Å². The summed E-state index contributed by atoms with van der Waals surface area (Å²) in [4.78, 5) is 14.8. The third-order valence-electron chi connectivity index (χ3n) is 4.96.